The van der Waals surface area contributed by atoms with Gasteiger partial charge >= 0.3 is 7.12 Å². The van der Waals surface area contributed by atoms with Crippen molar-refractivity contribution in [3.05, 3.63) is 42.5 Å². The summed E-state index contributed by atoms with van der Waals surface area (Å²) in [6.07, 6.45) is 0. The first kappa shape index (κ1) is 11.9. The summed E-state index contributed by atoms with van der Waals surface area (Å²) in [5.74, 6) is 2.05. The van der Waals surface area contributed by atoms with Crippen LogP contribution in [0, 0.1) is 0 Å². The van der Waals surface area contributed by atoms with Gasteiger partial charge in [0, 0.05) is 6.07 Å². The smallest absolute Gasteiger partial charge is 0.471 e. The predicted octanol–water partition coefficient (Wildman–Crippen LogP) is 0.920. The van der Waals surface area contributed by atoms with Crippen molar-refractivity contribution in [2.75, 3.05) is 12.0 Å². The summed E-state index contributed by atoms with van der Waals surface area (Å²) in [5.41, 5.74) is 1.37. The number of fused-ring (bicyclic) bond motifs is 1. The van der Waals surface area contributed by atoms with E-state index in [-0.39, 0.29) is 0 Å². The van der Waals surface area contributed by atoms with Crippen LogP contribution in [0.1, 0.15) is 0 Å². The number of hydrogen-bond donors (Lipinski definition) is 3. The normalized spacial score (nSPS) is 12.3. The maximum Gasteiger partial charge on any atom is 0.488 e. The monoisotopic (exact) mass is 257 g/mol. The van der Waals surface area contributed by atoms with Gasteiger partial charge in [0.15, 0.2) is 6.73 Å². The molecule has 0 amide bonds. The predicted molar refractivity (Wildman–Crippen MR) is 71.9 cm³/mol. The van der Waals surface area contributed by atoms with Crippen LogP contribution in [0.4, 0.5) is 5.69 Å². The Bertz CT molecular complexity index is 586. The Morgan fingerprint density at radius 1 is 1.05 bits per heavy atom. The van der Waals surface area contributed by atoms with Crippen LogP contribution in [0.2, 0.25) is 0 Å². The SMILES string of the molecule is OB(O)c1ccc(Oc2ccc3c(c2)OCN3)cc1. The second kappa shape index (κ2) is 4.83. The van der Waals surface area contributed by atoms with Crippen LogP contribution in [0.15, 0.2) is 42.5 Å². The highest BCUT2D eigenvalue weighted by molar-refractivity contribution is 6.58. The largest absolute Gasteiger partial charge is 0.488 e. The number of anilines is 1. The van der Waals surface area contributed by atoms with Crippen LogP contribution in [0.3, 0.4) is 0 Å². The molecular formula is C13H12BNO4. The molecule has 0 aromatic heterocycles. The molecule has 0 spiro atoms. The third kappa shape index (κ3) is 2.49. The quantitative estimate of drug-likeness (QED) is 0.713. The van der Waals surface area contributed by atoms with E-state index in [0.29, 0.717) is 23.7 Å². The van der Waals surface area contributed by atoms with Crippen molar-refractivity contribution >= 4 is 18.3 Å². The molecule has 3 N–H and O–H groups in total. The summed E-state index contributed by atoms with van der Waals surface area (Å²) >= 11 is 0. The van der Waals surface area contributed by atoms with Crippen molar-refractivity contribution in [2.45, 2.75) is 0 Å². The molecule has 2 aromatic rings. The number of benzene rings is 2. The molecule has 1 aliphatic rings. The van der Waals surface area contributed by atoms with Crippen molar-refractivity contribution in [2.24, 2.45) is 0 Å². The highest BCUT2D eigenvalue weighted by Crippen LogP contribution is 2.34. The van der Waals surface area contributed by atoms with Crippen molar-refractivity contribution < 1.29 is 19.5 Å². The molecule has 0 unspecified atom stereocenters. The fourth-order valence-electron chi connectivity index (χ4n) is 1.87. The summed E-state index contributed by atoms with van der Waals surface area (Å²) in [4.78, 5) is 0. The first-order valence-electron chi connectivity index (χ1n) is 5.87. The van der Waals surface area contributed by atoms with Crippen molar-refractivity contribution in [1.29, 1.82) is 0 Å². The third-order valence-corrected chi connectivity index (χ3v) is 2.86. The molecule has 3 rings (SSSR count). The van der Waals surface area contributed by atoms with E-state index in [1.165, 1.54) is 0 Å². The molecule has 0 saturated heterocycles. The molecule has 6 heteroatoms. The molecule has 1 aliphatic heterocycles. The van der Waals surface area contributed by atoms with Gasteiger partial charge in [-0.3, -0.25) is 0 Å². The van der Waals surface area contributed by atoms with Gasteiger partial charge in [0.25, 0.3) is 0 Å². The molecule has 0 radical (unpaired) electrons. The van der Waals surface area contributed by atoms with Crippen molar-refractivity contribution in [1.82, 2.24) is 0 Å². The van der Waals surface area contributed by atoms with Gasteiger partial charge < -0.3 is 24.8 Å². The Kier molecular flexibility index (Phi) is 3.02. The minimum Gasteiger partial charge on any atom is -0.471 e. The van der Waals surface area contributed by atoms with E-state index < -0.39 is 7.12 Å². The second-order valence-electron chi connectivity index (χ2n) is 4.17. The molecule has 0 saturated carbocycles. The lowest BCUT2D eigenvalue weighted by atomic mass is 9.80. The summed E-state index contributed by atoms with van der Waals surface area (Å²) < 4.78 is 11.0. The molecule has 0 fully saturated rings. The Hall–Kier alpha value is -2.18. The van der Waals surface area contributed by atoms with E-state index in [1.807, 2.05) is 18.2 Å². The standard InChI is InChI=1S/C13H12BNO4/c16-14(17)9-1-3-10(4-2-9)19-11-5-6-12-13(7-11)18-8-15-12/h1-7,15-17H,8H2. The number of rotatable bonds is 3. The lowest BCUT2D eigenvalue weighted by molar-refractivity contribution is 0.370. The van der Waals surface area contributed by atoms with E-state index in [0.717, 1.165) is 11.4 Å². The molecular weight excluding hydrogens is 245 g/mol. The fraction of sp³-hybridized carbons (Fsp3) is 0.0769. The van der Waals surface area contributed by atoms with Crippen LogP contribution < -0.4 is 20.3 Å². The topological polar surface area (TPSA) is 71.0 Å². The lowest BCUT2D eigenvalue weighted by Gasteiger charge is -2.07. The molecule has 96 valence electrons. The molecule has 19 heavy (non-hydrogen) atoms. The van der Waals surface area contributed by atoms with Crippen LogP contribution in [-0.2, 0) is 0 Å². The molecule has 2 aromatic carbocycles. The average Bonchev–Trinajstić information content (AvgIpc) is 2.87. The van der Waals surface area contributed by atoms with Gasteiger partial charge in [-0.05, 0) is 29.7 Å². The Morgan fingerprint density at radius 3 is 2.53 bits per heavy atom. The van der Waals surface area contributed by atoms with Gasteiger partial charge in [0.2, 0.25) is 0 Å². The van der Waals surface area contributed by atoms with E-state index in [1.54, 1.807) is 24.3 Å². The van der Waals surface area contributed by atoms with Crippen molar-refractivity contribution in [3.63, 3.8) is 0 Å². The van der Waals surface area contributed by atoms with E-state index in [9.17, 15) is 0 Å². The second-order valence-corrected chi connectivity index (χ2v) is 4.17. The molecule has 1 heterocycles. The van der Waals surface area contributed by atoms with Gasteiger partial charge in [0.05, 0.1) is 5.69 Å². The molecule has 0 atom stereocenters. The van der Waals surface area contributed by atoms with Crippen LogP contribution >= 0.6 is 0 Å². The van der Waals surface area contributed by atoms with E-state index in [2.05, 4.69) is 5.32 Å². The Balaban J connectivity index is 1.77. The summed E-state index contributed by atoms with van der Waals surface area (Å²) in [6, 6.07) is 12.1. The van der Waals surface area contributed by atoms with Crippen LogP contribution in [0.25, 0.3) is 0 Å². The lowest BCUT2D eigenvalue weighted by Crippen LogP contribution is -2.29. The van der Waals surface area contributed by atoms with Crippen molar-refractivity contribution in [3.8, 4) is 17.2 Å². The minimum absolute atomic E-state index is 0.425. The maximum atomic E-state index is 9.00. The van der Waals surface area contributed by atoms with Gasteiger partial charge in [0.1, 0.15) is 17.2 Å². The summed E-state index contributed by atoms with van der Waals surface area (Å²) in [6.45, 7) is 0.474. The van der Waals surface area contributed by atoms with Crippen LogP contribution in [0.5, 0.6) is 17.2 Å². The summed E-state index contributed by atoms with van der Waals surface area (Å²) in [7, 11) is -1.46. The van der Waals surface area contributed by atoms with E-state index in [4.69, 9.17) is 19.5 Å². The molecule has 0 aliphatic carbocycles. The third-order valence-electron chi connectivity index (χ3n) is 2.86. The van der Waals surface area contributed by atoms with Gasteiger partial charge in [-0.2, -0.15) is 0 Å². The van der Waals surface area contributed by atoms with Crippen LogP contribution in [-0.4, -0.2) is 23.9 Å². The van der Waals surface area contributed by atoms with Gasteiger partial charge in [-0.1, -0.05) is 12.1 Å². The minimum atomic E-state index is -1.46. The Labute approximate surface area is 110 Å². The molecule has 5 nitrogen and oxygen atoms in total. The highest BCUT2D eigenvalue weighted by Gasteiger charge is 2.13. The summed E-state index contributed by atoms with van der Waals surface area (Å²) in [5, 5.41) is 21.1. The number of nitrogens with one attached hydrogen (secondary N) is 1. The number of ether oxygens (including phenoxy) is 2. The van der Waals surface area contributed by atoms with Gasteiger partial charge in [-0.15, -0.1) is 0 Å². The first-order valence-corrected chi connectivity index (χ1v) is 5.87. The zero-order chi connectivity index (χ0) is 13.2. The highest BCUT2D eigenvalue weighted by atomic mass is 16.5. The zero-order valence-corrected chi connectivity index (χ0v) is 10.0. The maximum absolute atomic E-state index is 9.00. The van der Waals surface area contributed by atoms with E-state index >= 15 is 0 Å². The number of hydrogen-bond acceptors (Lipinski definition) is 5. The Morgan fingerprint density at radius 2 is 1.79 bits per heavy atom. The average molecular weight is 257 g/mol. The first-order chi connectivity index (χ1) is 9.22. The molecule has 0 bridgehead atoms. The zero-order valence-electron chi connectivity index (χ0n) is 10.0. The van der Waals surface area contributed by atoms with Gasteiger partial charge in [-0.25, -0.2) is 0 Å². The fourth-order valence-corrected chi connectivity index (χ4v) is 1.87.